The van der Waals surface area contributed by atoms with Crippen LogP contribution in [0.25, 0.3) is 0 Å². The molecular weight excluding hydrogens is 210 g/mol. The Kier molecular flexibility index (Phi) is 2.74. The monoisotopic (exact) mass is 233 g/mol. The minimum absolute atomic E-state index is 0.800. The van der Waals surface area contributed by atoms with Gasteiger partial charge in [0.15, 0.2) is 0 Å². The lowest BCUT2D eigenvalue weighted by Crippen LogP contribution is -2.26. The van der Waals surface area contributed by atoms with Crippen molar-refractivity contribution in [1.29, 1.82) is 0 Å². The van der Waals surface area contributed by atoms with Gasteiger partial charge in [0.05, 0.1) is 6.54 Å². The Hall–Kier alpha value is -0.830. The van der Waals surface area contributed by atoms with Crippen LogP contribution in [0.3, 0.4) is 0 Å². The molecule has 1 heterocycles. The molecule has 3 nitrogen and oxygen atoms in total. The smallest absolute Gasteiger partial charge is 0.122 e. The van der Waals surface area contributed by atoms with Crippen LogP contribution in [0, 0.1) is 11.3 Å². The van der Waals surface area contributed by atoms with E-state index in [9.17, 15) is 0 Å². The highest BCUT2D eigenvalue weighted by Crippen LogP contribution is 2.65. The van der Waals surface area contributed by atoms with E-state index in [4.69, 9.17) is 0 Å². The van der Waals surface area contributed by atoms with E-state index >= 15 is 0 Å². The van der Waals surface area contributed by atoms with Crippen LogP contribution in [0.1, 0.15) is 38.4 Å². The summed E-state index contributed by atoms with van der Waals surface area (Å²) in [6.07, 6.45) is 9.94. The molecule has 1 aromatic rings. The van der Waals surface area contributed by atoms with Gasteiger partial charge in [-0.25, -0.2) is 4.98 Å². The summed E-state index contributed by atoms with van der Waals surface area (Å²) in [5, 5.41) is 0. The molecule has 2 aliphatic carbocycles. The van der Waals surface area contributed by atoms with Crippen molar-refractivity contribution in [2.75, 3.05) is 13.6 Å². The molecular formula is C14H23N3. The number of hydrogen-bond acceptors (Lipinski definition) is 2. The van der Waals surface area contributed by atoms with Crippen molar-refractivity contribution in [3.05, 3.63) is 18.2 Å². The van der Waals surface area contributed by atoms with Gasteiger partial charge in [-0.3, -0.25) is 4.90 Å². The van der Waals surface area contributed by atoms with Crippen molar-refractivity contribution in [2.45, 2.75) is 45.7 Å². The molecule has 3 heteroatoms. The maximum absolute atomic E-state index is 4.45. The van der Waals surface area contributed by atoms with Crippen molar-refractivity contribution < 1.29 is 0 Å². The second kappa shape index (κ2) is 4.13. The van der Waals surface area contributed by atoms with Crippen LogP contribution in [-0.2, 0) is 13.1 Å². The molecule has 1 atom stereocenters. The molecule has 0 saturated heterocycles. The van der Waals surface area contributed by atoms with Gasteiger partial charge in [0.1, 0.15) is 5.82 Å². The Balaban J connectivity index is 1.52. The lowest BCUT2D eigenvalue weighted by molar-refractivity contribution is 0.216. The number of imidazole rings is 1. The minimum atomic E-state index is 0.800. The number of aryl methyl sites for hydroxylation is 1. The first-order valence-electron chi connectivity index (χ1n) is 6.92. The minimum Gasteiger partial charge on any atom is -0.334 e. The van der Waals surface area contributed by atoms with E-state index in [2.05, 4.69) is 34.6 Å². The molecule has 1 spiro atoms. The average molecular weight is 233 g/mol. The molecule has 1 aromatic heterocycles. The third-order valence-corrected chi connectivity index (χ3v) is 4.79. The lowest BCUT2D eigenvalue weighted by Gasteiger charge is -2.28. The number of hydrogen-bond donors (Lipinski definition) is 0. The summed E-state index contributed by atoms with van der Waals surface area (Å²) in [7, 11) is 2.24. The fourth-order valence-electron chi connectivity index (χ4n) is 3.40. The van der Waals surface area contributed by atoms with Gasteiger partial charge in [-0.2, -0.15) is 0 Å². The highest BCUT2D eigenvalue weighted by Gasteiger charge is 2.57. The fourth-order valence-corrected chi connectivity index (χ4v) is 3.40. The molecule has 0 radical (unpaired) electrons. The predicted molar refractivity (Wildman–Crippen MR) is 68.6 cm³/mol. The molecule has 2 saturated carbocycles. The van der Waals surface area contributed by atoms with Crippen LogP contribution in [0.4, 0.5) is 0 Å². The summed E-state index contributed by atoms with van der Waals surface area (Å²) in [5.74, 6) is 2.18. The van der Waals surface area contributed by atoms with Crippen molar-refractivity contribution in [3.8, 4) is 0 Å². The lowest BCUT2D eigenvalue weighted by atomic mass is 9.80. The molecule has 2 fully saturated rings. The van der Waals surface area contributed by atoms with Gasteiger partial charge >= 0.3 is 0 Å². The first-order valence-corrected chi connectivity index (χ1v) is 6.92. The van der Waals surface area contributed by atoms with Crippen LogP contribution >= 0.6 is 0 Å². The Bertz CT molecular complexity index is 392. The van der Waals surface area contributed by atoms with E-state index in [-0.39, 0.29) is 0 Å². The molecule has 0 N–H and O–H groups in total. The Morgan fingerprint density at radius 1 is 1.53 bits per heavy atom. The molecule has 0 aromatic carbocycles. The van der Waals surface area contributed by atoms with Gasteiger partial charge in [0.2, 0.25) is 0 Å². The molecule has 94 valence electrons. The summed E-state index contributed by atoms with van der Waals surface area (Å²) in [6.45, 7) is 5.45. The molecule has 0 aliphatic heterocycles. The fraction of sp³-hybridized carbons (Fsp3) is 0.786. The normalized spacial score (nSPS) is 25.2. The number of rotatable bonds is 5. The highest BCUT2D eigenvalue weighted by atomic mass is 15.2. The zero-order valence-electron chi connectivity index (χ0n) is 11.0. The summed E-state index contributed by atoms with van der Waals surface area (Å²) in [6, 6.07) is 0. The largest absolute Gasteiger partial charge is 0.334 e. The Morgan fingerprint density at radius 3 is 2.94 bits per heavy atom. The third kappa shape index (κ3) is 2.01. The molecule has 0 amide bonds. The number of nitrogens with zero attached hydrogens (tertiary/aromatic N) is 3. The van der Waals surface area contributed by atoms with E-state index in [0.717, 1.165) is 24.4 Å². The van der Waals surface area contributed by atoms with Gasteiger partial charge < -0.3 is 4.57 Å². The number of aromatic nitrogens is 2. The third-order valence-electron chi connectivity index (χ3n) is 4.79. The molecule has 17 heavy (non-hydrogen) atoms. The highest BCUT2D eigenvalue weighted by molar-refractivity contribution is 5.08. The summed E-state index contributed by atoms with van der Waals surface area (Å²) in [5.41, 5.74) is 0.800. The van der Waals surface area contributed by atoms with E-state index in [0.29, 0.717) is 0 Å². The van der Waals surface area contributed by atoms with Crippen LogP contribution in [-0.4, -0.2) is 28.0 Å². The van der Waals surface area contributed by atoms with Crippen molar-refractivity contribution in [1.82, 2.24) is 14.5 Å². The molecule has 3 rings (SSSR count). The van der Waals surface area contributed by atoms with E-state index in [1.807, 2.05) is 6.20 Å². The van der Waals surface area contributed by atoms with Crippen molar-refractivity contribution >= 4 is 0 Å². The summed E-state index contributed by atoms with van der Waals surface area (Å²) >= 11 is 0. The van der Waals surface area contributed by atoms with E-state index in [1.165, 1.54) is 38.1 Å². The first-order chi connectivity index (χ1) is 8.23. The Morgan fingerprint density at radius 2 is 2.35 bits per heavy atom. The van der Waals surface area contributed by atoms with Gasteiger partial charge in [-0.05, 0) is 44.6 Å². The standard InChI is InChI=1S/C14H23N3/c1-3-17-8-7-15-13(17)11-16(2)10-12-9-14(12)5-4-6-14/h7-8,12H,3-6,9-11H2,1-2H3. The van der Waals surface area contributed by atoms with Crippen LogP contribution in [0.2, 0.25) is 0 Å². The van der Waals surface area contributed by atoms with Crippen LogP contribution < -0.4 is 0 Å². The van der Waals surface area contributed by atoms with Gasteiger partial charge in [0, 0.05) is 25.5 Å². The zero-order valence-corrected chi connectivity index (χ0v) is 11.0. The van der Waals surface area contributed by atoms with E-state index < -0.39 is 0 Å². The second-order valence-electron chi connectivity index (χ2n) is 5.94. The second-order valence-corrected chi connectivity index (χ2v) is 5.94. The van der Waals surface area contributed by atoms with Crippen molar-refractivity contribution in [2.24, 2.45) is 11.3 Å². The van der Waals surface area contributed by atoms with Gasteiger partial charge in [-0.15, -0.1) is 0 Å². The zero-order chi connectivity index (χ0) is 11.9. The molecule has 2 aliphatic rings. The van der Waals surface area contributed by atoms with Crippen LogP contribution in [0.15, 0.2) is 12.4 Å². The average Bonchev–Trinajstić information content (AvgIpc) is 2.81. The summed E-state index contributed by atoms with van der Waals surface area (Å²) < 4.78 is 2.24. The SMILES string of the molecule is CCn1ccnc1CN(C)CC1CC12CCC2. The quantitative estimate of drug-likeness (QED) is 0.779. The van der Waals surface area contributed by atoms with Crippen LogP contribution in [0.5, 0.6) is 0 Å². The molecule has 0 bridgehead atoms. The van der Waals surface area contributed by atoms with Gasteiger partial charge in [-0.1, -0.05) is 6.42 Å². The maximum atomic E-state index is 4.45. The predicted octanol–water partition coefficient (Wildman–Crippen LogP) is 2.53. The molecule has 1 unspecified atom stereocenters. The Labute approximate surface area is 104 Å². The first kappa shape index (κ1) is 11.3. The maximum Gasteiger partial charge on any atom is 0.122 e. The topological polar surface area (TPSA) is 21.1 Å². The van der Waals surface area contributed by atoms with Gasteiger partial charge in [0.25, 0.3) is 0 Å². The van der Waals surface area contributed by atoms with Crippen molar-refractivity contribution in [3.63, 3.8) is 0 Å². The summed E-state index contributed by atoms with van der Waals surface area (Å²) in [4.78, 5) is 6.90. The van der Waals surface area contributed by atoms with E-state index in [1.54, 1.807) is 0 Å².